The zero-order valence-corrected chi connectivity index (χ0v) is 13.8. The Hall–Kier alpha value is -2.98. The van der Waals surface area contributed by atoms with Crippen molar-refractivity contribution < 1.29 is 19.1 Å². The molecule has 0 radical (unpaired) electrons. The molecule has 0 spiro atoms. The van der Waals surface area contributed by atoms with Crippen molar-refractivity contribution in [2.24, 2.45) is 0 Å². The van der Waals surface area contributed by atoms with E-state index in [1.165, 1.54) is 17.2 Å². The van der Waals surface area contributed by atoms with Crippen molar-refractivity contribution in [3.63, 3.8) is 0 Å². The van der Waals surface area contributed by atoms with Crippen molar-refractivity contribution in [2.45, 2.75) is 19.8 Å². The van der Waals surface area contributed by atoms with E-state index in [2.05, 4.69) is 10.3 Å². The quantitative estimate of drug-likeness (QED) is 0.689. The maximum absolute atomic E-state index is 12.0. The number of nitriles is 2. The average Bonchev–Trinajstić information content (AvgIpc) is 3.00. The third-order valence-corrected chi connectivity index (χ3v) is 3.42. The van der Waals surface area contributed by atoms with Crippen LogP contribution in [0.25, 0.3) is 0 Å². The molecule has 1 aromatic rings. The first-order valence-corrected chi connectivity index (χ1v) is 7.77. The number of aromatic nitrogens is 1. The molecule has 1 heterocycles. The molecule has 0 fully saturated rings. The molecule has 0 aliphatic heterocycles. The van der Waals surface area contributed by atoms with Crippen molar-refractivity contribution in [3.05, 3.63) is 11.1 Å². The summed E-state index contributed by atoms with van der Waals surface area (Å²) >= 11 is 1.06. The van der Waals surface area contributed by atoms with E-state index in [4.69, 9.17) is 15.3 Å². The van der Waals surface area contributed by atoms with Gasteiger partial charge in [-0.05, 0) is 0 Å². The molecule has 1 N–H and O–H groups in total. The molecule has 10 heteroatoms. The van der Waals surface area contributed by atoms with Crippen molar-refractivity contribution >= 4 is 34.3 Å². The molecular formula is C14H15N5O4S. The largest absolute Gasteiger partial charge is 0.451 e. The molecular weight excluding hydrogens is 334 g/mol. The van der Waals surface area contributed by atoms with Crippen LogP contribution in [0.5, 0.6) is 0 Å². The Morgan fingerprint density at radius 2 is 1.92 bits per heavy atom. The number of rotatable bonds is 8. The fourth-order valence-corrected chi connectivity index (χ4v) is 2.33. The number of hydrogen-bond acceptors (Lipinski definition) is 8. The van der Waals surface area contributed by atoms with Crippen LogP contribution in [0.4, 0.5) is 5.13 Å². The van der Waals surface area contributed by atoms with Gasteiger partial charge >= 0.3 is 5.97 Å². The first kappa shape index (κ1) is 19.1. The number of nitrogens with zero attached hydrogens (tertiary/aromatic N) is 4. The summed E-state index contributed by atoms with van der Waals surface area (Å²) in [6.45, 7) is 1.13. The van der Waals surface area contributed by atoms with Crippen LogP contribution in [0.15, 0.2) is 5.38 Å². The highest BCUT2D eigenvalue weighted by Gasteiger charge is 2.18. The first-order chi connectivity index (χ1) is 11.5. The highest BCUT2D eigenvalue weighted by molar-refractivity contribution is 7.14. The lowest BCUT2D eigenvalue weighted by atomic mass is 10.3. The maximum atomic E-state index is 12.0. The standard InChI is InChI=1S/C14H15N5O4S/c1-10(20)17-14-18-11(9-24-14)13(22)23-8-12(21)19(6-2-4-15)7-3-5-16/h9H,2-3,6-8H2,1H3,(H,17,18,20). The fraction of sp³-hybridized carbons (Fsp3) is 0.429. The number of amides is 2. The minimum atomic E-state index is -0.795. The molecule has 0 aromatic carbocycles. The molecule has 24 heavy (non-hydrogen) atoms. The van der Waals surface area contributed by atoms with E-state index >= 15 is 0 Å². The van der Waals surface area contributed by atoms with Crippen molar-refractivity contribution in [3.8, 4) is 12.1 Å². The molecule has 0 bridgehead atoms. The van der Waals surface area contributed by atoms with Gasteiger partial charge in [0, 0.05) is 25.4 Å². The van der Waals surface area contributed by atoms with E-state index in [0.29, 0.717) is 0 Å². The minimum Gasteiger partial charge on any atom is -0.451 e. The van der Waals surface area contributed by atoms with Gasteiger partial charge in [0.05, 0.1) is 25.0 Å². The highest BCUT2D eigenvalue weighted by Crippen LogP contribution is 2.16. The van der Waals surface area contributed by atoms with Crippen LogP contribution in [0.1, 0.15) is 30.3 Å². The van der Waals surface area contributed by atoms with E-state index in [1.807, 2.05) is 12.1 Å². The van der Waals surface area contributed by atoms with Gasteiger partial charge in [0.25, 0.3) is 5.91 Å². The van der Waals surface area contributed by atoms with Crippen molar-refractivity contribution in [1.82, 2.24) is 9.88 Å². The zero-order valence-electron chi connectivity index (χ0n) is 12.9. The van der Waals surface area contributed by atoms with Gasteiger partial charge < -0.3 is 15.0 Å². The van der Waals surface area contributed by atoms with Gasteiger partial charge in [-0.25, -0.2) is 9.78 Å². The van der Waals surface area contributed by atoms with E-state index in [9.17, 15) is 14.4 Å². The Bertz CT molecular complexity index is 670. The van der Waals surface area contributed by atoms with Crippen LogP contribution >= 0.6 is 11.3 Å². The topological polar surface area (TPSA) is 136 Å². The summed E-state index contributed by atoms with van der Waals surface area (Å²) in [5.74, 6) is -1.60. The second-order valence-corrected chi connectivity index (χ2v) is 5.35. The Morgan fingerprint density at radius 3 is 2.46 bits per heavy atom. The Balaban J connectivity index is 2.55. The number of thiazole rings is 1. The SMILES string of the molecule is CC(=O)Nc1nc(C(=O)OCC(=O)N(CCC#N)CCC#N)cs1. The lowest BCUT2D eigenvalue weighted by molar-refractivity contribution is -0.134. The Labute approximate surface area is 142 Å². The molecule has 0 atom stereocenters. The summed E-state index contributed by atoms with van der Waals surface area (Å²) < 4.78 is 4.88. The second kappa shape index (κ2) is 9.92. The third-order valence-electron chi connectivity index (χ3n) is 2.66. The Kier molecular flexibility index (Phi) is 7.88. The van der Waals surface area contributed by atoms with E-state index in [1.54, 1.807) is 0 Å². The fourth-order valence-electron chi connectivity index (χ4n) is 1.60. The molecule has 0 unspecified atom stereocenters. The van der Waals surface area contributed by atoms with E-state index in [0.717, 1.165) is 11.3 Å². The van der Waals surface area contributed by atoms with Crippen LogP contribution in [0.3, 0.4) is 0 Å². The summed E-state index contributed by atoms with van der Waals surface area (Å²) in [6.07, 6.45) is 0.245. The van der Waals surface area contributed by atoms with Crippen LogP contribution in [0.2, 0.25) is 0 Å². The van der Waals surface area contributed by atoms with Gasteiger partial charge in [0.1, 0.15) is 0 Å². The molecule has 0 aliphatic rings. The summed E-state index contributed by atoms with van der Waals surface area (Å²) in [5, 5.41) is 21.2. The molecule has 0 saturated carbocycles. The predicted molar refractivity (Wildman–Crippen MR) is 83.7 cm³/mol. The number of carbonyl (C=O) groups excluding carboxylic acids is 3. The minimum absolute atomic E-state index is 0.0165. The summed E-state index contributed by atoms with van der Waals surface area (Å²) in [5.41, 5.74) is -0.0165. The smallest absolute Gasteiger partial charge is 0.358 e. The third kappa shape index (κ3) is 6.42. The molecule has 126 valence electrons. The van der Waals surface area contributed by atoms with Gasteiger partial charge in [-0.2, -0.15) is 10.5 Å². The number of carbonyl (C=O) groups is 3. The molecule has 1 rings (SSSR count). The number of ether oxygens (including phenoxy) is 1. The lowest BCUT2D eigenvalue weighted by Gasteiger charge is -2.19. The number of esters is 1. The molecule has 2 amide bonds. The van der Waals surface area contributed by atoms with Gasteiger partial charge in [-0.1, -0.05) is 0 Å². The molecule has 1 aromatic heterocycles. The van der Waals surface area contributed by atoms with Crippen LogP contribution in [0, 0.1) is 22.7 Å². The monoisotopic (exact) mass is 349 g/mol. The van der Waals surface area contributed by atoms with Crippen LogP contribution in [-0.4, -0.2) is 47.4 Å². The number of hydrogen-bond donors (Lipinski definition) is 1. The maximum Gasteiger partial charge on any atom is 0.358 e. The van der Waals surface area contributed by atoms with Crippen LogP contribution < -0.4 is 5.32 Å². The Morgan fingerprint density at radius 1 is 1.29 bits per heavy atom. The summed E-state index contributed by atoms with van der Waals surface area (Å²) in [4.78, 5) is 39.9. The van der Waals surface area contributed by atoms with Crippen molar-refractivity contribution in [1.29, 1.82) is 10.5 Å². The van der Waals surface area contributed by atoms with Crippen molar-refractivity contribution in [2.75, 3.05) is 25.0 Å². The molecule has 9 nitrogen and oxygen atoms in total. The van der Waals surface area contributed by atoms with Gasteiger partial charge in [-0.3, -0.25) is 9.59 Å². The normalized spacial score (nSPS) is 9.46. The van der Waals surface area contributed by atoms with Gasteiger partial charge in [0.15, 0.2) is 17.4 Å². The van der Waals surface area contributed by atoms with Gasteiger partial charge in [-0.15, -0.1) is 11.3 Å². The van der Waals surface area contributed by atoms with E-state index in [-0.39, 0.29) is 42.7 Å². The molecule has 0 saturated heterocycles. The number of nitrogens with one attached hydrogen (secondary N) is 1. The zero-order chi connectivity index (χ0) is 17.9. The van der Waals surface area contributed by atoms with Gasteiger partial charge in [0.2, 0.25) is 5.91 Å². The number of anilines is 1. The lowest BCUT2D eigenvalue weighted by Crippen LogP contribution is -2.36. The van der Waals surface area contributed by atoms with E-state index < -0.39 is 18.5 Å². The predicted octanol–water partition coefficient (Wildman–Crippen LogP) is 0.914. The molecule has 0 aliphatic carbocycles. The summed E-state index contributed by atoms with van der Waals surface area (Å²) in [6, 6.07) is 3.82. The average molecular weight is 349 g/mol. The second-order valence-electron chi connectivity index (χ2n) is 4.49. The highest BCUT2D eigenvalue weighted by atomic mass is 32.1. The first-order valence-electron chi connectivity index (χ1n) is 6.89. The van der Waals surface area contributed by atoms with Crippen LogP contribution in [-0.2, 0) is 14.3 Å². The summed E-state index contributed by atoms with van der Waals surface area (Å²) in [7, 11) is 0.